The molecule has 0 aromatic heterocycles. The van der Waals surface area contributed by atoms with Crippen molar-refractivity contribution in [3.8, 4) is 0 Å². The van der Waals surface area contributed by atoms with Crippen molar-refractivity contribution in [2.75, 3.05) is 19.6 Å². The molecule has 7 heteroatoms. The van der Waals surface area contributed by atoms with Crippen LogP contribution in [0.2, 0.25) is 5.02 Å². The van der Waals surface area contributed by atoms with E-state index < -0.39 is 10.0 Å². The lowest BCUT2D eigenvalue weighted by Gasteiger charge is -2.23. The Morgan fingerprint density at radius 3 is 2.74 bits per heavy atom. The summed E-state index contributed by atoms with van der Waals surface area (Å²) in [5.74, 6) is 0. The number of sulfonamides is 1. The number of hydrogen-bond donors (Lipinski definition) is 1. The highest BCUT2D eigenvalue weighted by Gasteiger charge is 2.40. The molecule has 1 aromatic carbocycles. The zero-order valence-corrected chi connectivity index (χ0v) is 13.7. The fourth-order valence-electron chi connectivity index (χ4n) is 2.21. The minimum Gasteiger partial charge on any atom is -0.330 e. The normalized spacial score (nSPS) is 24.8. The molecule has 0 amide bonds. The molecule has 0 saturated carbocycles. The van der Waals surface area contributed by atoms with Crippen molar-refractivity contribution >= 4 is 37.6 Å². The van der Waals surface area contributed by atoms with Crippen molar-refractivity contribution in [1.82, 2.24) is 4.31 Å². The van der Waals surface area contributed by atoms with Gasteiger partial charge >= 0.3 is 0 Å². The van der Waals surface area contributed by atoms with Gasteiger partial charge in [-0.25, -0.2) is 8.42 Å². The Hall–Kier alpha value is -0.140. The molecular formula is C12H16BrClN2O2S. The van der Waals surface area contributed by atoms with E-state index >= 15 is 0 Å². The third-order valence-corrected chi connectivity index (χ3v) is 6.83. The second-order valence-electron chi connectivity index (χ2n) is 5.15. The molecule has 1 aliphatic rings. The van der Waals surface area contributed by atoms with Crippen LogP contribution in [-0.2, 0) is 10.0 Å². The maximum atomic E-state index is 12.7. The molecule has 4 nitrogen and oxygen atoms in total. The van der Waals surface area contributed by atoms with Crippen molar-refractivity contribution in [3.05, 3.63) is 27.7 Å². The van der Waals surface area contributed by atoms with E-state index in [0.717, 1.165) is 6.42 Å². The number of benzene rings is 1. The van der Waals surface area contributed by atoms with E-state index in [4.69, 9.17) is 17.3 Å². The lowest BCUT2D eigenvalue weighted by atomic mass is 9.90. The third-order valence-electron chi connectivity index (χ3n) is 3.53. The van der Waals surface area contributed by atoms with E-state index in [1.807, 2.05) is 6.92 Å². The molecule has 1 unspecified atom stereocenters. The summed E-state index contributed by atoms with van der Waals surface area (Å²) >= 11 is 9.30. The van der Waals surface area contributed by atoms with Gasteiger partial charge in [0.2, 0.25) is 10.0 Å². The molecular weight excluding hydrogens is 352 g/mol. The Kier molecular flexibility index (Phi) is 4.28. The summed E-state index contributed by atoms with van der Waals surface area (Å²) in [6, 6.07) is 4.97. The van der Waals surface area contributed by atoms with E-state index in [0.29, 0.717) is 24.1 Å². The van der Waals surface area contributed by atoms with Gasteiger partial charge in [-0.15, -0.1) is 0 Å². The Bertz CT molecular complexity index is 573. The van der Waals surface area contributed by atoms with E-state index in [1.54, 1.807) is 18.2 Å². The third kappa shape index (κ3) is 2.83. The van der Waals surface area contributed by atoms with Crippen LogP contribution in [0.25, 0.3) is 0 Å². The Labute approximate surface area is 127 Å². The van der Waals surface area contributed by atoms with Gasteiger partial charge in [-0.1, -0.05) is 24.6 Å². The highest BCUT2D eigenvalue weighted by Crippen LogP contribution is 2.37. The van der Waals surface area contributed by atoms with E-state index in [1.165, 1.54) is 4.31 Å². The largest absolute Gasteiger partial charge is 0.330 e. The van der Waals surface area contributed by atoms with Crippen LogP contribution in [0.1, 0.15) is 13.3 Å². The van der Waals surface area contributed by atoms with Crippen LogP contribution in [0, 0.1) is 5.41 Å². The van der Waals surface area contributed by atoms with Gasteiger partial charge in [0, 0.05) is 17.6 Å². The van der Waals surface area contributed by atoms with Gasteiger partial charge in [-0.2, -0.15) is 4.31 Å². The van der Waals surface area contributed by atoms with Crippen molar-refractivity contribution in [1.29, 1.82) is 0 Å². The Morgan fingerprint density at radius 2 is 2.21 bits per heavy atom. The summed E-state index contributed by atoms with van der Waals surface area (Å²) in [4.78, 5) is 0.137. The topological polar surface area (TPSA) is 63.4 Å². The lowest BCUT2D eigenvalue weighted by molar-refractivity contribution is 0.349. The average molecular weight is 368 g/mol. The van der Waals surface area contributed by atoms with Gasteiger partial charge in [-0.3, -0.25) is 0 Å². The molecule has 19 heavy (non-hydrogen) atoms. The molecule has 1 heterocycles. The molecule has 0 bridgehead atoms. The highest BCUT2D eigenvalue weighted by molar-refractivity contribution is 9.10. The quantitative estimate of drug-likeness (QED) is 0.892. The van der Waals surface area contributed by atoms with E-state index in [2.05, 4.69) is 15.9 Å². The number of halogens is 2. The summed E-state index contributed by atoms with van der Waals surface area (Å²) in [7, 11) is -3.58. The maximum Gasteiger partial charge on any atom is 0.245 e. The lowest BCUT2D eigenvalue weighted by Crippen LogP contribution is -2.34. The van der Waals surface area contributed by atoms with Crippen LogP contribution in [0.4, 0.5) is 0 Å². The fraction of sp³-hybridized carbons (Fsp3) is 0.500. The molecule has 106 valence electrons. The number of hydrogen-bond acceptors (Lipinski definition) is 3. The van der Waals surface area contributed by atoms with Crippen LogP contribution in [0.15, 0.2) is 27.6 Å². The van der Waals surface area contributed by atoms with E-state index in [9.17, 15) is 8.42 Å². The predicted octanol–water partition coefficient (Wildman–Crippen LogP) is 2.46. The Balaban J connectivity index is 2.40. The molecule has 1 aliphatic heterocycles. The van der Waals surface area contributed by atoms with Gasteiger partial charge in [-0.05, 0) is 46.4 Å². The molecule has 1 atom stereocenters. The highest BCUT2D eigenvalue weighted by atomic mass is 79.9. The second-order valence-corrected chi connectivity index (χ2v) is 8.29. The van der Waals surface area contributed by atoms with Gasteiger partial charge in [0.15, 0.2) is 0 Å². The van der Waals surface area contributed by atoms with Crippen molar-refractivity contribution < 1.29 is 8.42 Å². The average Bonchev–Trinajstić information content (AvgIpc) is 2.73. The van der Waals surface area contributed by atoms with Crippen LogP contribution < -0.4 is 5.73 Å². The first kappa shape index (κ1) is 15.3. The molecule has 2 rings (SSSR count). The molecule has 1 fully saturated rings. The van der Waals surface area contributed by atoms with Gasteiger partial charge in [0.25, 0.3) is 0 Å². The van der Waals surface area contributed by atoms with Gasteiger partial charge < -0.3 is 5.73 Å². The zero-order chi connectivity index (χ0) is 14.3. The number of nitrogens with two attached hydrogens (primary N) is 1. The van der Waals surface area contributed by atoms with Crippen LogP contribution in [0.5, 0.6) is 0 Å². The number of rotatable bonds is 3. The molecule has 1 saturated heterocycles. The minimum atomic E-state index is -3.58. The smallest absolute Gasteiger partial charge is 0.245 e. The maximum absolute atomic E-state index is 12.7. The predicted molar refractivity (Wildman–Crippen MR) is 79.7 cm³/mol. The Morgan fingerprint density at radius 1 is 1.53 bits per heavy atom. The standard InChI is InChI=1S/C12H16BrClN2O2S/c1-12(7-15)5-6-16(8-12)19(17,18)11-9(13)3-2-4-10(11)14/h2-4H,5-8,15H2,1H3. The van der Waals surface area contributed by atoms with E-state index in [-0.39, 0.29) is 15.3 Å². The summed E-state index contributed by atoms with van der Waals surface area (Å²) < 4.78 is 27.3. The SMILES string of the molecule is CC1(CN)CCN(S(=O)(=O)c2c(Cl)cccc2Br)C1. The first-order chi connectivity index (χ1) is 8.80. The summed E-state index contributed by atoms with van der Waals surface area (Å²) in [5.41, 5.74) is 5.56. The minimum absolute atomic E-state index is 0.137. The molecule has 1 aromatic rings. The van der Waals surface area contributed by atoms with Crippen LogP contribution in [-0.4, -0.2) is 32.4 Å². The number of nitrogens with zero attached hydrogens (tertiary/aromatic N) is 1. The zero-order valence-electron chi connectivity index (χ0n) is 10.6. The van der Waals surface area contributed by atoms with Crippen LogP contribution >= 0.6 is 27.5 Å². The first-order valence-corrected chi connectivity index (χ1v) is 8.55. The molecule has 2 N–H and O–H groups in total. The van der Waals surface area contributed by atoms with Crippen molar-refractivity contribution in [2.24, 2.45) is 11.1 Å². The van der Waals surface area contributed by atoms with Crippen molar-refractivity contribution in [2.45, 2.75) is 18.2 Å². The summed E-state index contributed by atoms with van der Waals surface area (Å²) in [6.07, 6.45) is 0.769. The fourth-order valence-corrected chi connectivity index (χ4v) is 5.47. The van der Waals surface area contributed by atoms with Gasteiger partial charge in [0.1, 0.15) is 4.90 Å². The van der Waals surface area contributed by atoms with Gasteiger partial charge in [0.05, 0.1) is 5.02 Å². The summed E-state index contributed by atoms with van der Waals surface area (Å²) in [6.45, 7) is 3.39. The second kappa shape index (κ2) is 5.33. The van der Waals surface area contributed by atoms with Crippen LogP contribution in [0.3, 0.4) is 0 Å². The summed E-state index contributed by atoms with van der Waals surface area (Å²) in [5, 5.41) is 0.232. The molecule has 0 aliphatic carbocycles. The molecule has 0 spiro atoms. The molecule has 0 radical (unpaired) electrons. The first-order valence-electron chi connectivity index (χ1n) is 5.94. The monoisotopic (exact) mass is 366 g/mol. The van der Waals surface area contributed by atoms with Crippen molar-refractivity contribution in [3.63, 3.8) is 0 Å².